The smallest absolute Gasteiger partial charge is 0.167 e. The lowest BCUT2D eigenvalue weighted by atomic mass is 10.2. The average Bonchev–Trinajstić information content (AvgIpc) is 2.00. The van der Waals surface area contributed by atoms with Crippen molar-refractivity contribution in [3.63, 3.8) is 0 Å². The molecule has 0 aliphatic heterocycles. The maximum atomic E-state index is 12.9. The second-order valence-corrected chi connectivity index (χ2v) is 3.09. The molecular formula is C8H6BrF2N. The number of aliphatic imine (C=N–C) groups is 1. The second-order valence-electron chi connectivity index (χ2n) is 2.18. The molecule has 0 saturated heterocycles. The van der Waals surface area contributed by atoms with Gasteiger partial charge in [-0.15, -0.1) is 0 Å². The quantitative estimate of drug-likeness (QED) is 0.523. The number of hydrogen-bond acceptors (Lipinski definition) is 1. The summed E-state index contributed by atoms with van der Waals surface area (Å²) in [5.41, 5.74) is 0.143. The zero-order chi connectivity index (χ0) is 9.14. The van der Waals surface area contributed by atoms with E-state index in [-0.39, 0.29) is 5.56 Å². The van der Waals surface area contributed by atoms with Gasteiger partial charge >= 0.3 is 0 Å². The molecule has 0 bridgehead atoms. The standard InChI is InChI=1S/C8H6BrF2N/c1-12-4-5-2-6(9)3-7(10)8(5)11/h2-4H,1H3/b12-4+. The Hall–Kier alpha value is -0.770. The van der Waals surface area contributed by atoms with Gasteiger partial charge in [-0.1, -0.05) is 15.9 Å². The van der Waals surface area contributed by atoms with Crippen LogP contribution in [0.15, 0.2) is 21.6 Å². The SMILES string of the molecule is C/N=C/c1cc(Br)cc(F)c1F. The molecule has 0 atom stereocenters. The van der Waals surface area contributed by atoms with Crippen LogP contribution in [0.2, 0.25) is 0 Å². The van der Waals surface area contributed by atoms with Gasteiger partial charge in [-0.3, -0.25) is 4.99 Å². The van der Waals surface area contributed by atoms with E-state index in [1.54, 1.807) is 0 Å². The second kappa shape index (κ2) is 3.76. The van der Waals surface area contributed by atoms with Gasteiger partial charge < -0.3 is 0 Å². The Morgan fingerprint density at radius 2 is 2.08 bits per heavy atom. The van der Waals surface area contributed by atoms with Crippen molar-refractivity contribution in [2.24, 2.45) is 4.99 Å². The summed E-state index contributed by atoms with van der Waals surface area (Å²) in [6, 6.07) is 2.54. The Kier molecular flexibility index (Phi) is 2.92. The van der Waals surface area contributed by atoms with Crippen LogP contribution in [0.4, 0.5) is 8.78 Å². The van der Waals surface area contributed by atoms with Crippen LogP contribution in [0, 0.1) is 11.6 Å². The van der Waals surface area contributed by atoms with Crippen LogP contribution in [-0.4, -0.2) is 13.3 Å². The van der Waals surface area contributed by atoms with E-state index < -0.39 is 11.6 Å². The van der Waals surface area contributed by atoms with Crippen molar-refractivity contribution in [2.45, 2.75) is 0 Å². The van der Waals surface area contributed by atoms with Crippen molar-refractivity contribution in [3.8, 4) is 0 Å². The number of nitrogens with zero attached hydrogens (tertiary/aromatic N) is 1. The first kappa shape index (κ1) is 9.32. The van der Waals surface area contributed by atoms with Gasteiger partial charge in [-0.05, 0) is 12.1 Å². The van der Waals surface area contributed by atoms with Crippen molar-refractivity contribution in [3.05, 3.63) is 33.8 Å². The van der Waals surface area contributed by atoms with Crippen molar-refractivity contribution >= 4 is 22.1 Å². The molecule has 1 aromatic rings. The van der Waals surface area contributed by atoms with E-state index in [2.05, 4.69) is 20.9 Å². The molecular weight excluding hydrogens is 228 g/mol. The molecule has 1 aromatic carbocycles. The molecule has 0 aromatic heterocycles. The minimum atomic E-state index is -0.876. The first-order valence-electron chi connectivity index (χ1n) is 3.22. The summed E-state index contributed by atoms with van der Waals surface area (Å²) < 4.78 is 26.1. The van der Waals surface area contributed by atoms with Crippen molar-refractivity contribution in [2.75, 3.05) is 7.05 Å². The summed E-state index contributed by atoms with van der Waals surface area (Å²) in [5, 5.41) is 0. The largest absolute Gasteiger partial charge is 0.296 e. The van der Waals surface area contributed by atoms with Gasteiger partial charge in [-0.25, -0.2) is 8.78 Å². The van der Waals surface area contributed by atoms with Gasteiger partial charge in [0.15, 0.2) is 11.6 Å². The first-order chi connectivity index (χ1) is 5.65. The van der Waals surface area contributed by atoms with Crippen LogP contribution >= 0.6 is 15.9 Å². The molecule has 0 unspecified atom stereocenters. The van der Waals surface area contributed by atoms with Gasteiger partial charge in [0.2, 0.25) is 0 Å². The van der Waals surface area contributed by atoms with E-state index in [0.29, 0.717) is 4.47 Å². The molecule has 0 saturated carbocycles. The normalized spacial score (nSPS) is 11.0. The van der Waals surface area contributed by atoms with Gasteiger partial charge in [0.05, 0.1) is 0 Å². The highest BCUT2D eigenvalue weighted by molar-refractivity contribution is 9.10. The number of halogens is 3. The van der Waals surface area contributed by atoms with Crippen molar-refractivity contribution in [1.29, 1.82) is 0 Å². The van der Waals surface area contributed by atoms with Crippen LogP contribution in [0.5, 0.6) is 0 Å². The monoisotopic (exact) mass is 233 g/mol. The Morgan fingerprint density at radius 1 is 1.42 bits per heavy atom. The summed E-state index contributed by atoms with van der Waals surface area (Å²) in [6.07, 6.45) is 1.27. The highest BCUT2D eigenvalue weighted by Crippen LogP contribution is 2.17. The lowest BCUT2D eigenvalue weighted by molar-refractivity contribution is 0.507. The molecule has 12 heavy (non-hydrogen) atoms. The van der Waals surface area contributed by atoms with Crippen molar-refractivity contribution in [1.82, 2.24) is 0 Å². The summed E-state index contributed by atoms with van der Waals surface area (Å²) >= 11 is 3.05. The molecule has 4 heteroatoms. The lowest BCUT2D eigenvalue weighted by Gasteiger charge is -1.98. The fourth-order valence-corrected chi connectivity index (χ4v) is 1.26. The predicted molar refractivity (Wildman–Crippen MR) is 47.6 cm³/mol. The third kappa shape index (κ3) is 1.88. The third-order valence-electron chi connectivity index (χ3n) is 1.29. The maximum Gasteiger partial charge on any atom is 0.167 e. The van der Waals surface area contributed by atoms with E-state index in [1.165, 1.54) is 19.3 Å². The Morgan fingerprint density at radius 3 is 2.67 bits per heavy atom. The van der Waals surface area contributed by atoms with E-state index in [1.807, 2.05) is 0 Å². The topological polar surface area (TPSA) is 12.4 Å². The fourth-order valence-electron chi connectivity index (χ4n) is 0.809. The minimum Gasteiger partial charge on any atom is -0.296 e. The van der Waals surface area contributed by atoms with E-state index in [4.69, 9.17) is 0 Å². The highest BCUT2D eigenvalue weighted by Gasteiger charge is 2.07. The molecule has 0 fully saturated rings. The van der Waals surface area contributed by atoms with Crippen LogP contribution < -0.4 is 0 Å². The predicted octanol–water partition coefficient (Wildman–Crippen LogP) is 2.78. The van der Waals surface area contributed by atoms with Gasteiger partial charge in [-0.2, -0.15) is 0 Å². The Bertz CT molecular complexity index is 323. The molecule has 0 radical (unpaired) electrons. The van der Waals surface area contributed by atoms with Crippen LogP contribution in [0.1, 0.15) is 5.56 Å². The third-order valence-corrected chi connectivity index (χ3v) is 1.75. The van der Waals surface area contributed by atoms with Crippen LogP contribution in [0.25, 0.3) is 0 Å². The first-order valence-corrected chi connectivity index (χ1v) is 4.01. The minimum absolute atomic E-state index is 0.143. The van der Waals surface area contributed by atoms with Gasteiger partial charge in [0.25, 0.3) is 0 Å². The van der Waals surface area contributed by atoms with E-state index in [9.17, 15) is 8.78 Å². The zero-order valence-corrected chi connectivity index (χ0v) is 7.90. The molecule has 64 valence electrons. The molecule has 0 aliphatic carbocycles. The summed E-state index contributed by atoms with van der Waals surface area (Å²) in [7, 11) is 1.50. The fraction of sp³-hybridized carbons (Fsp3) is 0.125. The zero-order valence-electron chi connectivity index (χ0n) is 6.31. The summed E-state index contributed by atoms with van der Waals surface area (Å²) in [5.74, 6) is -1.75. The Balaban J connectivity index is 3.27. The van der Waals surface area contributed by atoms with Crippen molar-refractivity contribution < 1.29 is 8.78 Å². The van der Waals surface area contributed by atoms with Crippen LogP contribution in [0.3, 0.4) is 0 Å². The van der Waals surface area contributed by atoms with E-state index in [0.717, 1.165) is 6.07 Å². The van der Waals surface area contributed by atoms with Crippen LogP contribution in [-0.2, 0) is 0 Å². The Labute approximate surface area is 77.3 Å². The summed E-state index contributed by atoms with van der Waals surface area (Å²) in [4.78, 5) is 3.60. The molecule has 0 amide bonds. The average molecular weight is 234 g/mol. The molecule has 1 nitrogen and oxygen atoms in total. The summed E-state index contributed by atoms with van der Waals surface area (Å²) in [6.45, 7) is 0. The van der Waals surface area contributed by atoms with Gasteiger partial charge in [0.1, 0.15) is 0 Å². The highest BCUT2D eigenvalue weighted by atomic mass is 79.9. The number of benzene rings is 1. The molecule has 1 rings (SSSR count). The lowest BCUT2D eigenvalue weighted by Crippen LogP contribution is -1.92. The van der Waals surface area contributed by atoms with E-state index >= 15 is 0 Å². The molecule has 0 aliphatic rings. The number of rotatable bonds is 1. The van der Waals surface area contributed by atoms with Gasteiger partial charge in [0, 0.05) is 23.3 Å². The number of hydrogen-bond donors (Lipinski definition) is 0. The molecule has 0 heterocycles. The maximum absolute atomic E-state index is 12.9. The molecule has 0 spiro atoms. The molecule has 0 N–H and O–H groups in total.